The average Bonchev–Trinajstić information content (AvgIpc) is 3.31. The molecule has 1 aliphatic carbocycles. The molecule has 14 heteroatoms. The standard InChI is InChI=1S/C18H17ClF2N10O/c19-15-26-16(28-17(27-15)31(10-1-2-10)13-3-4-24-29-13)30-9-18(20,21)7-11(30)14(32)25-12-8-22-5-6-23-12/h3-6,8,10-11H,1-2,7,9H2,(H,24,29)(H,23,25,32). The maximum Gasteiger partial charge on any atom is 0.267 e. The van der Waals surface area contributed by atoms with Crippen LogP contribution < -0.4 is 15.1 Å². The van der Waals surface area contributed by atoms with Gasteiger partial charge in [0.25, 0.3) is 5.92 Å². The van der Waals surface area contributed by atoms with Crippen LogP contribution in [0.25, 0.3) is 0 Å². The van der Waals surface area contributed by atoms with E-state index in [2.05, 4.69) is 40.4 Å². The molecule has 1 unspecified atom stereocenters. The van der Waals surface area contributed by atoms with Crippen molar-refractivity contribution in [3.63, 3.8) is 0 Å². The third-order valence-electron chi connectivity index (χ3n) is 5.10. The zero-order valence-electron chi connectivity index (χ0n) is 16.5. The van der Waals surface area contributed by atoms with E-state index in [1.165, 1.54) is 18.6 Å². The van der Waals surface area contributed by atoms with Gasteiger partial charge in [-0.3, -0.25) is 19.8 Å². The number of hydrogen-bond acceptors (Lipinski definition) is 9. The lowest BCUT2D eigenvalue weighted by molar-refractivity contribution is -0.118. The van der Waals surface area contributed by atoms with E-state index in [1.807, 2.05) is 0 Å². The molecule has 4 heterocycles. The summed E-state index contributed by atoms with van der Waals surface area (Å²) >= 11 is 6.14. The number of halogens is 3. The quantitative estimate of drug-likeness (QED) is 0.566. The van der Waals surface area contributed by atoms with Crippen molar-refractivity contribution in [2.45, 2.75) is 37.3 Å². The molecule has 2 fully saturated rings. The molecule has 0 aromatic carbocycles. The van der Waals surface area contributed by atoms with Gasteiger partial charge in [0.2, 0.25) is 23.1 Å². The molecular weight excluding hydrogens is 446 g/mol. The number of amides is 1. The van der Waals surface area contributed by atoms with E-state index in [-0.39, 0.29) is 29.0 Å². The van der Waals surface area contributed by atoms with E-state index in [9.17, 15) is 13.6 Å². The van der Waals surface area contributed by atoms with Gasteiger partial charge in [-0.05, 0) is 24.4 Å². The first kappa shape index (κ1) is 20.4. The van der Waals surface area contributed by atoms with Crippen molar-refractivity contribution in [3.05, 3.63) is 36.1 Å². The molecule has 0 radical (unpaired) electrons. The van der Waals surface area contributed by atoms with Gasteiger partial charge in [-0.1, -0.05) is 0 Å². The zero-order valence-corrected chi connectivity index (χ0v) is 17.2. The third-order valence-corrected chi connectivity index (χ3v) is 5.27. The maximum absolute atomic E-state index is 14.4. The van der Waals surface area contributed by atoms with Crippen molar-refractivity contribution >= 4 is 41.0 Å². The number of carbonyl (C=O) groups excluding carboxylic acids is 1. The lowest BCUT2D eigenvalue weighted by atomic mass is 10.2. The first-order valence-corrected chi connectivity index (χ1v) is 10.2. The minimum atomic E-state index is -3.12. The minimum Gasteiger partial charge on any atom is -0.322 e. The van der Waals surface area contributed by atoms with Crippen molar-refractivity contribution < 1.29 is 13.6 Å². The van der Waals surface area contributed by atoms with Gasteiger partial charge in [-0.25, -0.2) is 13.8 Å². The molecule has 0 bridgehead atoms. The molecule has 1 saturated heterocycles. The van der Waals surface area contributed by atoms with Gasteiger partial charge in [-0.15, -0.1) is 0 Å². The lowest BCUT2D eigenvalue weighted by Crippen LogP contribution is -2.41. The Labute approximate surface area is 185 Å². The molecular formula is C18H17ClF2N10O. The summed E-state index contributed by atoms with van der Waals surface area (Å²) < 4.78 is 28.7. The van der Waals surface area contributed by atoms with Gasteiger partial charge in [0, 0.05) is 30.9 Å². The van der Waals surface area contributed by atoms with E-state index in [4.69, 9.17) is 11.6 Å². The molecule has 0 spiro atoms. The number of rotatable bonds is 6. The van der Waals surface area contributed by atoms with Gasteiger partial charge in [0.15, 0.2) is 5.82 Å². The predicted molar refractivity (Wildman–Crippen MR) is 110 cm³/mol. The Bertz CT molecular complexity index is 1110. The van der Waals surface area contributed by atoms with Gasteiger partial charge in [0.05, 0.1) is 18.9 Å². The van der Waals surface area contributed by atoms with Gasteiger partial charge >= 0.3 is 0 Å². The summed E-state index contributed by atoms with van der Waals surface area (Å²) in [7, 11) is 0. The third kappa shape index (κ3) is 4.15. The van der Waals surface area contributed by atoms with Crippen molar-refractivity contribution in [3.8, 4) is 0 Å². The van der Waals surface area contributed by atoms with Crippen LogP contribution in [0.15, 0.2) is 30.9 Å². The molecule has 11 nitrogen and oxygen atoms in total. The summed E-state index contributed by atoms with van der Waals surface area (Å²) in [6.45, 7) is -0.737. The molecule has 5 rings (SSSR count). The number of H-pyrrole nitrogens is 1. The van der Waals surface area contributed by atoms with Crippen molar-refractivity contribution in [2.75, 3.05) is 21.7 Å². The Morgan fingerprint density at radius 3 is 2.78 bits per heavy atom. The SMILES string of the molecule is O=C(Nc1cnccn1)C1CC(F)(F)CN1c1nc(Cl)nc(N(c2ccn[nH]2)C2CC2)n1. The van der Waals surface area contributed by atoms with Gasteiger partial charge in [-0.2, -0.15) is 20.1 Å². The summed E-state index contributed by atoms with van der Waals surface area (Å²) in [5.41, 5.74) is 0. The van der Waals surface area contributed by atoms with E-state index < -0.39 is 30.8 Å². The number of nitrogens with zero attached hydrogens (tertiary/aromatic N) is 8. The van der Waals surface area contributed by atoms with Crippen LogP contribution in [0.1, 0.15) is 19.3 Å². The second-order valence-corrected chi connectivity index (χ2v) is 7.87. The Kier molecular flexibility index (Phi) is 5.04. The molecule has 3 aromatic rings. The Hall–Kier alpha value is -3.48. The monoisotopic (exact) mass is 462 g/mol. The zero-order chi connectivity index (χ0) is 22.3. The van der Waals surface area contributed by atoms with E-state index >= 15 is 0 Å². The summed E-state index contributed by atoms with van der Waals surface area (Å²) in [6, 6.07) is 0.633. The van der Waals surface area contributed by atoms with Crippen LogP contribution in [0.4, 0.5) is 32.3 Å². The first-order valence-electron chi connectivity index (χ1n) is 9.81. The molecule has 1 saturated carbocycles. The van der Waals surface area contributed by atoms with Crippen molar-refractivity contribution in [1.82, 2.24) is 35.1 Å². The normalized spacial score (nSPS) is 19.7. The second kappa shape index (κ2) is 7.89. The van der Waals surface area contributed by atoms with Crippen molar-refractivity contribution in [1.29, 1.82) is 0 Å². The molecule has 1 amide bonds. The highest BCUT2D eigenvalue weighted by atomic mass is 35.5. The fourth-order valence-electron chi connectivity index (χ4n) is 3.58. The highest BCUT2D eigenvalue weighted by molar-refractivity contribution is 6.28. The predicted octanol–water partition coefficient (Wildman–Crippen LogP) is 2.19. The molecule has 3 aromatic heterocycles. The number of carbonyl (C=O) groups is 1. The molecule has 32 heavy (non-hydrogen) atoms. The molecule has 1 atom stereocenters. The number of hydrogen-bond donors (Lipinski definition) is 2. The molecule has 2 aliphatic rings. The van der Waals surface area contributed by atoms with Crippen molar-refractivity contribution in [2.24, 2.45) is 0 Å². The molecule has 166 valence electrons. The number of alkyl halides is 2. The average molecular weight is 463 g/mol. The fraction of sp³-hybridized carbons (Fsp3) is 0.389. The minimum absolute atomic E-state index is 0.110. The number of aromatic nitrogens is 7. The Balaban J connectivity index is 1.47. The lowest BCUT2D eigenvalue weighted by Gasteiger charge is -2.25. The number of aromatic amines is 1. The van der Waals surface area contributed by atoms with Gasteiger partial charge in [0.1, 0.15) is 11.9 Å². The van der Waals surface area contributed by atoms with Crippen LogP contribution >= 0.6 is 11.6 Å². The Morgan fingerprint density at radius 2 is 2.09 bits per heavy atom. The first-order chi connectivity index (χ1) is 15.4. The topological polar surface area (TPSA) is 129 Å². The van der Waals surface area contributed by atoms with Crippen LogP contribution in [0.2, 0.25) is 5.28 Å². The van der Waals surface area contributed by atoms with E-state index in [0.717, 1.165) is 17.7 Å². The van der Waals surface area contributed by atoms with Crippen LogP contribution in [-0.4, -0.2) is 65.6 Å². The smallest absolute Gasteiger partial charge is 0.267 e. The largest absolute Gasteiger partial charge is 0.322 e. The number of anilines is 4. The highest BCUT2D eigenvalue weighted by Gasteiger charge is 2.49. The van der Waals surface area contributed by atoms with Crippen LogP contribution in [0.5, 0.6) is 0 Å². The van der Waals surface area contributed by atoms with Crippen LogP contribution in [0, 0.1) is 0 Å². The second-order valence-electron chi connectivity index (χ2n) is 7.53. The highest BCUT2D eigenvalue weighted by Crippen LogP contribution is 2.38. The van der Waals surface area contributed by atoms with E-state index in [0.29, 0.717) is 5.82 Å². The fourth-order valence-corrected chi connectivity index (χ4v) is 3.73. The van der Waals surface area contributed by atoms with Crippen LogP contribution in [0.3, 0.4) is 0 Å². The summed E-state index contributed by atoms with van der Waals surface area (Å²) in [5.74, 6) is -2.92. The van der Waals surface area contributed by atoms with E-state index in [1.54, 1.807) is 17.2 Å². The van der Waals surface area contributed by atoms with Gasteiger partial charge < -0.3 is 10.2 Å². The summed E-state index contributed by atoms with van der Waals surface area (Å²) in [4.78, 5) is 36.2. The maximum atomic E-state index is 14.4. The summed E-state index contributed by atoms with van der Waals surface area (Å²) in [5, 5.41) is 9.15. The number of nitrogens with one attached hydrogen (secondary N) is 2. The molecule has 2 N–H and O–H groups in total. The van der Waals surface area contributed by atoms with Crippen LogP contribution in [-0.2, 0) is 4.79 Å². The molecule has 1 aliphatic heterocycles. The Morgan fingerprint density at radius 1 is 1.25 bits per heavy atom. The summed E-state index contributed by atoms with van der Waals surface area (Å²) in [6.07, 6.45) is 6.84.